The van der Waals surface area contributed by atoms with Gasteiger partial charge in [-0.1, -0.05) is 36.4 Å². The number of rotatable bonds is 5. The van der Waals surface area contributed by atoms with Crippen LogP contribution in [0.5, 0.6) is 0 Å². The number of benzene rings is 2. The standard InChI is InChI=1S/C26H25N3O4/c1-14-21(27-15(2)23(14)26(32)33)13-19-24-18(9-6-10-20(24)28-25(19)31)17-8-5-7-16(11-17)12-22(30)29(3)4/h5-11,13,27H,12H2,1-4H3,(H,28,31)(H,32,33)/b19-13-. The average molecular weight is 444 g/mol. The van der Waals surface area contributed by atoms with Gasteiger partial charge in [-0.15, -0.1) is 0 Å². The average Bonchev–Trinajstić information content (AvgIpc) is 3.23. The fraction of sp³-hybridized carbons (Fsp3) is 0.192. The van der Waals surface area contributed by atoms with Crippen LogP contribution in [0.4, 0.5) is 5.69 Å². The Kier molecular flexibility index (Phi) is 5.64. The molecular formula is C26H25N3O4. The number of carbonyl (C=O) groups excluding carboxylic acids is 2. The summed E-state index contributed by atoms with van der Waals surface area (Å²) in [6.07, 6.45) is 1.99. The molecule has 2 amide bonds. The molecule has 0 spiro atoms. The van der Waals surface area contributed by atoms with Crippen molar-refractivity contribution in [3.63, 3.8) is 0 Å². The van der Waals surface area contributed by atoms with Gasteiger partial charge in [-0.25, -0.2) is 4.79 Å². The van der Waals surface area contributed by atoms with Crippen LogP contribution in [-0.2, 0) is 16.0 Å². The van der Waals surface area contributed by atoms with E-state index in [4.69, 9.17) is 0 Å². The van der Waals surface area contributed by atoms with Crippen LogP contribution in [0.1, 0.15) is 38.4 Å². The Morgan fingerprint density at radius 2 is 1.82 bits per heavy atom. The van der Waals surface area contributed by atoms with Gasteiger partial charge in [0.1, 0.15) is 0 Å². The monoisotopic (exact) mass is 443 g/mol. The molecule has 7 heteroatoms. The number of carboxylic acids is 1. The van der Waals surface area contributed by atoms with E-state index in [0.29, 0.717) is 28.2 Å². The lowest BCUT2D eigenvalue weighted by Gasteiger charge is -2.12. The van der Waals surface area contributed by atoms with Gasteiger partial charge in [-0.2, -0.15) is 0 Å². The SMILES string of the molecule is Cc1[nH]c(/C=C2\C(=O)Nc3cccc(-c4cccc(CC(=O)N(C)C)c4)c32)c(C)c1C(=O)O. The number of anilines is 1. The zero-order valence-corrected chi connectivity index (χ0v) is 18.9. The van der Waals surface area contributed by atoms with E-state index in [1.807, 2.05) is 42.5 Å². The Morgan fingerprint density at radius 1 is 1.09 bits per heavy atom. The maximum absolute atomic E-state index is 12.9. The molecule has 1 aliphatic heterocycles. The largest absolute Gasteiger partial charge is 0.478 e. The van der Waals surface area contributed by atoms with Crippen LogP contribution in [0, 0.1) is 13.8 Å². The molecule has 0 radical (unpaired) electrons. The zero-order valence-electron chi connectivity index (χ0n) is 18.9. The Bertz CT molecular complexity index is 1330. The highest BCUT2D eigenvalue weighted by Gasteiger charge is 2.28. The summed E-state index contributed by atoms with van der Waals surface area (Å²) in [6, 6.07) is 13.4. The summed E-state index contributed by atoms with van der Waals surface area (Å²) in [7, 11) is 3.45. The molecule has 33 heavy (non-hydrogen) atoms. The summed E-state index contributed by atoms with van der Waals surface area (Å²) in [6.45, 7) is 3.43. The summed E-state index contributed by atoms with van der Waals surface area (Å²) < 4.78 is 0. The summed E-state index contributed by atoms with van der Waals surface area (Å²) in [5.74, 6) is -1.25. The fourth-order valence-corrected chi connectivity index (χ4v) is 4.19. The van der Waals surface area contributed by atoms with Crippen molar-refractivity contribution in [3.05, 3.63) is 76.1 Å². The molecule has 168 valence electrons. The Labute approximate surface area is 191 Å². The van der Waals surface area contributed by atoms with Crippen molar-refractivity contribution in [2.24, 2.45) is 0 Å². The van der Waals surface area contributed by atoms with Gasteiger partial charge in [0.05, 0.1) is 17.6 Å². The van der Waals surface area contributed by atoms with E-state index in [1.54, 1.807) is 38.9 Å². The summed E-state index contributed by atoms with van der Waals surface area (Å²) in [4.78, 5) is 41.3. The number of fused-ring (bicyclic) bond motifs is 1. The van der Waals surface area contributed by atoms with Gasteiger partial charge in [-0.3, -0.25) is 9.59 Å². The van der Waals surface area contributed by atoms with Crippen molar-refractivity contribution in [2.45, 2.75) is 20.3 Å². The van der Waals surface area contributed by atoms with Crippen LogP contribution in [-0.4, -0.2) is 46.9 Å². The van der Waals surface area contributed by atoms with Gasteiger partial charge in [0.25, 0.3) is 5.91 Å². The first-order chi connectivity index (χ1) is 15.7. The van der Waals surface area contributed by atoms with Crippen LogP contribution >= 0.6 is 0 Å². The summed E-state index contributed by atoms with van der Waals surface area (Å²) >= 11 is 0. The van der Waals surface area contributed by atoms with E-state index >= 15 is 0 Å². The number of amides is 2. The lowest BCUT2D eigenvalue weighted by atomic mass is 9.93. The molecule has 0 atom stereocenters. The first-order valence-corrected chi connectivity index (χ1v) is 10.6. The van der Waals surface area contributed by atoms with Crippen LogP contribution in [0.2, 0.25) is 0 Å². The summed E-state index contributed by atoms with van der Waals surface area (Å²) in [5.41, 5.74) is 6.45. The maximum Gasteiger partial charge on any atom is 0.337 e. The molecule has 2 heterocycles. The molecule has 0 saturated carbocycles. The van der Waals surface area contributed by atoms with Gasteiger partial charge < -0.3 is 20.3 Å². The molecule has 3 N–H and O–H groups in total. The number of hydrogen-bond donors (Lipinski definition) is 3. The quantitative estimate of drug-likeness (QED) is 0.516. The normalized spacial score (nSPS) is 13.7. The minimum atomic E-state index is -1.01. The molecule has 0 bridgehead atoms. The molecule has 0 fully saturated rings. The number of carbonyl (C=O) groups is 3. The molecule has 0 saturated heterocycles. The highest BCUT2D eigenvalue weighted by atomic mass is 16.4. The predicted octanol–water partition coefficient (Wildman–Crippen LogP) is 4.12. The van der Waals surface area contributed by atoms with Crippen LogP contribution in [0.3, 0.4) is 0 Å². The van der Waals surface area contributed by atoms with Gasteiger partial charge in [-0.05, 0) is 48.2 Å². The van der Waals surface area contributed by atoms with E-state index < -0.39 is 5.97 Å². The summed E-state index contributed by atoms with van der Waals surface area (Å²) in [5, 5.41) is 12.4. The van der Waals surface area contributed by atoms with Crippen LogP contribution in [0.25, 0.3) is 22.8 Å². The third-order valence-electron chi connectivity index (χ3n) is 5.90. The first kappa shape index (κ1) is 22.1. The van der Waals surface area contributed by atoms with Crippen molar-refractivity contribution in [1.82, 2.24) is 9.88 Å². The van der Waals surface area contributed by atoms with Crippen molar-refractivity contribution >= 4 is 35.1 Å². The smallest absolute Gasteiger partial charge is 0.337 e. The third kappa shape index (κ3) is 4.05. The Balaban J connectivity index is 1.82. The number of hydrogen-bond acceptors (Lipinski definition) is 3. The topological polar surface area (TPSA) is 103 Å². The van der Waals surface area contributed by atoms with E-state index in [-0.39, 0.29) is 23.8 Å². The molecule has 1 aliphatic rings. The number of aromatic carboxylic acids is 1. The van der Waals surface area contributed by atoms with E-state index in [9.17, 15) is 19.5 Å². The number of nitrogens with one attached hydrogen (secondary N) is 2. The van der Waals surface area contributed by atoms with E-state index in [2.05, 4.69) is 10.3 Å². The second-order valence-electron chi connectivity index (χ2n) is 8.37. The van der Waals surface area contributed by atoms with Crippen LogP contribution in [0.15, 0.2) is 42.5 Å². The fourth-order valence-electron chi connectivity index (χ4n) is 4.19. The number of aromatic nitrogens is 1. The van der Waals surface area contributed by atoms with Gasteiger partial charge in [0, 0.05) is 36.7 Å². The highest BCUT2D eigenvalue weighted by molar-refractivity contribution is 6.36. The molecule has 0 aliphatic carbocycles. The second kappa shape index (κ2) is 8.43. The zero-order chi connectivity index (χ0) is 23.9. The van der Waals surface area contributed by atoms with E-state index in [0.717, 1.165) is 22.3 Å². The van der Waals surface area contributed by atoms with Crippen molar-refractivity contribution in [3.8, 4) is 11.1 Å². The van der Waals surface area contributed by atoms with Crippen LogP contribution < -0.4 is 5.32 Å². The van der Waals surface area contributed by atoms with Gasteiger partial charge in [0.2, 0.25) is 5.91 Å². The third-order valence-corrected chi connectivity index (χ3v) is 5.90. The van der Waals surface area contributed by atoms with Crippen molar-refractivity contribution in [1.29, 1.82) is 0 Å². The Morgan fingerprint density at radius 3 is 2.48 bits per heavy atom. The molecule has 7 nitrogen and oxygen atoms in total. The molecule has 1 aromatic heterocycles. The van der Waals surface area contributed by atoms with E-state index in [1.165, 1.54) is 0 Å². The number of likely N-dealkylation sites (N-methyl/N-ethyl adjacent to an activating group) is 1. The highest BCUT2D eigenvalue weighted by Crippen LogP contribution is 2.41. The number of H-pyrrole nitrogens is 1. The Hall–Kier alpha value is -4.13. The number of carboxylic acid groups (broad SMARTS) is 1. The number of aromatic amines is 1. The maximum atomic E-state index is 12.9. The molecule has 2 aromatic carbocycles. The first-order valence-electron chi connectivity index (χ1n) is 10.6. The second-order valence-corrected chi connectivity index (χ2v) is 8.37. The minimum Gasteiger partial charge on any atom is -0.478 e. The minimum absolute atomic E-state index is 0.00898. The molecule has 4 rings (SSSR count). The van der Waals surface area contributed by atoms with Crippen molar-refractivity contribution < 1.29 is 19.5 Å². The molecular weight excluding hydrogens is 418 g/mol. The lowest BCUT2D eigenvalue weighted by molar-refractivity contribution is -0.128. The predicted molar refractivity (Wildman–Crippen MR) is 128 cm³/mol. The number of nitrogens with zero attached hydrogens (tertiary/aromatic N) is 1. The molecule has 3 aromatic rings. The van der Waals surface area contributed by atoms with Gasteiger partial charge in [0.15, 0.2) is 0 Å². The number of aryl methyl sites for hydroxylation is 1. The van der Waals surface area contributed by atoms with Gasteiger partial charge >= 0.3 is 5.97 Å². The lowest BCUT2D eigenvalue weighted by Crippen LogP contribution is -2.23. The van der Waals surface area contributed by atoms with Crippen molar-refractivity contribution in [2.75, 3.05) is 19.4 Å². The molecule has 0 unspecified atom stereocenters.